The summed E-state index contributed by atoms with van der Waals surface area (Å²) in [4.78, 5) is 14.4. The molecule has 0 aromatic heterocycles. The average molecular weight is 302 g/mol. The highest BCUT2D eigenvalue weighted by Gasteiger charge is 2.22. The molecule has 0 radical (unpaired) electrons. The molecule has 4 heteroatoms. The average Bonchev–Trinajstić information content (AvgIpc) is 3.09. The monoisotopic (exact) mass is 302 g/mol. The van der Waals surface area contributed by atoms with Gasteiger partial charge < -0.3 is 10.1 Å². The van der Waals surface area contributed by atoms with Crippen LogP contribution in [0.2, 0.25) is 0 Å². The standard InChI is InChI=1S/C18H26N2O2/c21-18(17-3-1-2-4-17)19-13-15-5-7-16(8-6-15)14-20-9-11-22-12-10-20/h5-8,17H,1-4,9-14H2,(H,19,21). The molecule has 1 aromatic rings. The molecule has 1 saturated heterocycles. The fourth-order valence-corrected chi connectivity index (χ4v) is 3.30. The van der Waals surface area contributed by atoms with E-state index in [0.29, 0.717) is 6.54 Å². The molecule has 0 atom stereocenters. The predicted octanol–water partition coefficient (Wildman–Crippen LogP) is 2.33. The lowest BCUT2D eigenvalue weighted by Crippen LogP contribution is -2.35. The molecule has 0 spiro atoms. The molecular weight excluding hydrogens is 276 g/mol. The minimum Gasteiger partial charge on any atom is -0.379 e. The second-order valence-corrected chi connectivity index (χ2v) is 6.40. The number of hydrogen-bond donors (Lipinski definition) is 1. The van der Waals surface area contributed by atoms with Crippen LogP contribution in [-0.2, 0) is 22.6 Å². The Labute approximate surface area is 132 Å². The maximum Gasteiger partial charge on any atom is 0.223 e. The van der Waals surface area contributed by atoms with Crippen LogP contribution in [0.5, 0.6) is 0 Å². The van der Waals surface area contributed by atoms with Crippen LogP contribution in [-0.4, -0.2) is 37.1 Å². The summed E-state index contributed by atoms with van der Waals surface area (Å²) in [5.74, 6) is 0.482. The largest absolute Gasteiger partial charge is 0.379 e. The summed E-state index contributed by atoms with van der Waals surface area (Å²) in [6.45, 7) is 5.33. The molecule has 120 valence electrons. The summed E-state index contributed by atoms with van der Waals surface area (Å²) in [7, 11) is 0. The molecule has 1 aliphatic carbocycles. The predicted molar refractivity (Wildman–Crippen MR) is 86.3 cm³/mol. The van der Waals surface area contributed by atoms with E-state index in [0.717, 1.165) is 45.7 Å². The van der Waals surface area contributed by atoms with Gasteiger partial charge in [0, 0.05) is 32.1 Å². The van der Waals surface area contributed by atoms with E-state index in [2.05, 4.69) is 34.5 Å². The summed E-state index contributed by atoms with van der Waals surface area (Å²) < 4.78 is 5.37. The number of amides is 1. The van der Waals surface area contributed by atoms with Gasteiger partial charge in [-0.15, -0.1) is 0 Å². The van der Waals surface area contributed by atoms with Crippen molar-refractivity contribution in [2.75, 3.05) is 26.3 Å². The van der Waals surface area contributed by atoms with Gasteiger partial charge in [-0.05, 0) is 24.0 Å². The molecule has 1 saturated carbocycles. The van der Waals surface area contributed by atoms with Crippen molar-refractivity contribution < 1.29 is 9.53 Å². The fourth-order valence-electron chi connectivity index (χ4n) is 3.30. The third kappa shape index (κ3) is 4.31. The number of hydrogen-bond acceptors (Lipinski definition) is 3. The van der Waals surface area contributed by atoms with E-state index in [4.69, 9.17) is 4.74 Å². The van der Waals surface area contributed by atoms with Crippen LogP contribution in [0, 0.1) is 5.92 Å². The number of rotatable bonds is 5. The number of ether oxygens (including phenoxy) is 1. The van der Waals surface area contributed by atoms with Crippen molar-refractivity contribution in [2.45, 2.75) is 38.8 Å². The Bertz CT molecular complexity index is 474. The Kier molecular flexibility index (Phi) is 5.46. The highest BCUT2D eigenvalue weighted by molar-refractivity contribution is 5.78. The van der Waals surface area contributed by atoms with Gasteiger partial charge in [0.2, 0.25) is 5.91 Å². The minimum atomic E-state index is 0.231. The van der Waals surface area contributed by atoms with E-state index in [1.807, 2.05) is 0 Å². The van der Waals surface area contributed by atoms with E-state index < -0.39 is 0 Å². The van der Waals surface area contributed by atoms with Crippen molar-refractivity contribution in [1.29, 1.82) is 0 Å². The highest BCUT2D eigenvalue weighted by Crippen LogP contribution is 2.24. The first-order valence-electron chi connectivity index (χ1n) is 8.47. The normalized spacial score (nSPS) is 20.2. The van der Waals surface area contributed by atoms with Crippen molar-refractivity contribution in [2.24, 2.45) is 5.92 Å². The lowest BCUT2D eigenvalue weighted by Gasteiger charge is -2.26. The van der Waals surface area contributed by atoms with E-state index in [9.17, 15) is 4.79 Å². The van der Waals surface area contributed by atoms with Crippen molar-refractivity contribution in [3.05, 3.63) is 35.4 Å². The Morgan fingerprint density at radius 1 is 1.09 bits per heavy atom. The van der Waals surface area contributed by atoms with Gasteiger partial charge in [-0.2, -0.15) is 0 Å². The maximum absolute atomic E-state index is 12.0. The summed E-state index contributed by atoms with van der Waals surface area (Å²) in [5, 5.41) is 3.08. The first-order valence-corrected chi connectivity index (χ1v) is 8.47. The lowest BCUT2D eigenvalue weighted by atomic mass is 10.1. The van der Waals surface area contributed by atoms with Crippen LogP contribution in [0.25, 0.3) is 0 Å². The van der Waals surface area contributed by atoms with Crippen molar-refractivity contribution in [1.82, 2.24) is 10.2 Å². The number of morpholine rings is 1. The van der Waals surface area contributed by atoms with E-state index >= 15 is 0 Å². The molecule has 2 fully saturated rings. The van der Waals surface area contributed by atoms with Crippen molar-refractivity contribution in [3.63, 3.8) is 0 Å². The Balaban J connectivity index is 1.45. The molecule has 0 unspecified atom stereocenters. The highest BCUT2D eigenvalue weighted by atomic mass is 16.5. The zero-order valence-electron chi connectivity index (χ0n) is 13.2. The van der Waals surface area contributed by atoms with Crippen molar-refractivity contribution >= 4 is 5.91 Å². The van der Waals surface area contributed by atoms with Gasteiger partial charge in [-0.25, -0.2) is 0 Å². The lowest BCUT2D eigenvalue weighted by molar-refractivity contribution is -0.124. The third-order valence-corrected chi connectivity index (χ3v) is 4.73. The quantitative estimate of drug-likeness (QED) is 0.907. The minimum absolute atomic E-state index is 0.231. The molecule has 1 aromatic carbocycles. The molecule has 2 aliphatic rings. The van der Waals surface area contributed by atoms with E-state index in [-0.39, 0.29) is 11.8 Å². The summed E-state index contributed by atoms with van der Waals surface area (Å²) in [6, 6.07) is 8.61. The van der Waals surface area contributed by atoms with Gasteiger partial charge in [0.25, 0.3) is 0 Å². The molecular formula is C18H26N2O2. The van der Waals surface area contributed by atoms with Gasteiger partial charge in [-0.1, -0.05) is 37.1 Å². The maximum atomic E-state index is 12.0. The third-order valence-electron chi connectivity index (χ3n) is 4.73. The van der Waals surface area contributed by atoms with Crippen LogP contribution in [0.3, 0.4) is 0 Å². The fraction of sp³-hybridized carbons (Fsp3) is 0.611. The number of benzene rings is 1. The molecule has 1 N–H and O–H groups in total. The van der Waals surface area contributed by atoms with Gasteiger partial charge in [0.1, 0.15) is 0 Å². The zero-order chi connectivity index (χ0) is 15.2. The molecule has 22 heavy (non-hydrogen) atoms. The Morgan fingerprint density at radius 3 is 2.41 bits per heavy atom. The second kappa shape index (κ2) is 7.75. The van der Waals surface area contributed by atoms with E-state index in [1.165, 1.54) is 24.0 Å². The molecule has 1 aliphatic heterocycles. The summed E-state index contributed by atoms with van der Waals surface area (Å²) in [6.07, 6.45) is 4.53. The zero-order valence-corrected chi connectivity index (χ0v) is 13.2. The van der Waals surface area contributed by atoms with Crippen LogP contribution in [0.4, 0.5) is 0 Å². The number of carbonyl (C=O) groups is 1. The van der Waals surface area contributed by atoms with Crippen LogP contribution in [0.1, 0.15) is 36.8 Å². The van der Waals surface area contributed by atoms with Gasteiger partial charge in [0.15, 0.2) is 0 Å². The van der Waals surface area contributed by atoms with Crippen LogP contribution in [0.15, 0.2) is 24.3 Å². The molecule has 4 nitrogen and oxygen atoms in total. The van der Waals surface area contributed by atoms with Crippen LogP contribution < -0.4 is 5.32 Å². The van der Waals surface area contributed by atoms with Crippen molar-refractivity contribution in [3.8, 4) is 0 Å². The Hall–Kier alpha value is -1.39. The topological polar surface area (TPSA) is 41.6 Å². The molecule has 1 amide bonds. The van der Waals surface area contributed by atoms with Gasteiger partial charge in [0.05, 0.1) is 13.2 Å². The smallest absolute Gasteiger partial charge is 0.223 e. The number of nitrogens with zero attached hydrogens (tertiary/aromatic N) is 1. The second-order valence-electron chi connectivity index (χ2n) is 6.40. The Morgan fingerprint density at radius 2 is 1.73 bits per heavy atom. The molecule has 1 heterocycles. The molecule has 0 bridgehead atoms. The van der Waals surface area contributed by atoms with Gasteiger partial charge in [-0.3, -0.25) is 9.69 Å². The van der Waals surface area contributed by atoms with E-state index in [1.54, 1.807) is 0 Å². The SMILES string of the molecule is O=C(NCc1ccc(CN2CCOCC2)cc1)C1CCCC1. The summed E-state index contributed by atoms with van der Waals surface area (Å²) in [5.41, 5.74) is 2.50. The summed E-state index contributed by atoms with van der Waals surface area (Å²) >= 11 is 0. The van der Waals surface area contributed by atoms with Gasteiger partial charge >= 0.3 is 0 Å². The molecule has 3 rings (SSSR count). The first-order chi connectivity index (χ1) is 10.8. The van der Waals surface area contributed by atoms with Crippen LogP contribution >= 0.6 is 0 Å². The number of nitrogens with one attached hydrogen (secondary N) is 1. The first kappa shape index (κ1) is 15.5. The number of carbonyl (C=O) groups excluding carboxylic acids is 1.